The molecule has 0 radical (unpaired) electrons. The van der Waals surface area contributed by atoms with Gasteiger partial charge in [-0.1, -0.05) is 0 Å². The molecule has 112 valence electrons. The van der Waals surface area contributed by atoms with Gasteiger partial charge < -0.3 is 32.7 Å². The summed E-state index contributed by atoms with van der Waals surface area (Å²) in [6.07, 6.45) is -0.170. The maximum atomic E-state index is 11.8. The van der Waals surface area contributed by atoms with Crippen molar-refractivity contribution in [3.8, 4) is 0 Å². The van der Waals surface area contributed by atoms with Crippen molar-refractivity contribution < 1.29 is 9.59 Å². The number of nitrogens with two attached hydrogens (primary N) is 3. The van der Waals surface area contributed by atoms with E-state index in [1.807, 2.05) is 0 Å². The van der Waals surface area contributed by atoms with E-state index in [1.165, 1.54) is 4.90 Å². The highest BCUT2D eigenvalue weighted by Crippen LogP contribution is 1.93. The zero-order valence-electron chi connectivity index (χ0n) is 11.4. The van der Waals surface area contributed by atoms with Gasteiger partial charge in [0.2, 0.25) is 11.8 Å². The second-order valence-electron chi connectivity index (χ2n) is 4.02. The maximum Gasteiger partial charge on any atom is 0.232 e. The monoisotopic (exact) mass is 274 g/mol. The van der Waals surface area contributed by atoms with Gasteiger partial charge in [-0.25, -0.2) is 0 Å². The summed E-state index contributed by atoms with van der Waals surface area (Å²) in [5.41, 5.74) is 16.1. The molecule has 0 spiro atoms. The topological polar surface area (TPSA) is 140 Å². The first-order valence-electron chi connectivity index (χ1n) is 6.51. The van der Waals surface area contributed by atoms with Crippen LogP contribution < -0.4 is 27.8 Å². The minimum atomic E-state index is -0.293. The van der Waals surface area contributed by atoms with Crippen LogP contribution in [0.5, 0.6) is 0 Å². The third-order valence-electron chi connectivity index (χ3n) is 2.41. The predicted molar refractivity (Wildman–Crippen MR) is 74.2 cm³/mol. The molecule has 0 fully saturated rings. The van der Waals surface area contributed by atoms with Gasteiger partial charge in [0.25, 0.3) is 0 Å². The number of hydrogen-bond donors (Lipinski definition) is 5. The van der Waals surface area contributed by atoms with Crippen LogP contribution in [0, 0.1) is 0 Å². The van der Waals surface area contributed by atoms with Crippen molar-refractivity contribution in [2.24, 2.45) is 17.2 Å². The fourth-order valence-corrected chi connectivity index (χ4v) is 1.50. The van der Waals surface area contributed by atoms with Crippen molar-refractivity contribution in [3.05, 3.63) is 0 Å². The SMILES string of the molecule is NCCNCCNC(=O)CC(=O)N(CCN)CCN. The third kappa shape index (κ3) is 9.37. The highest BCUT2D eigenvalue weighted by atomic mass is 16.2. The van der Waals surface area contributed by atoms with Crippen LogP contribution in [0.4, 0.5) is 0 Å². The Morgan fingerprint density at radius 3 is 2.05 bits per heavy atom. The summed E-state index contributed by atoms with van der Waals surface area (Å²) in [6, 6.07) is 0. The summed E-state index contributed by atoms with van der Waals surface area (Å²) in [5.74, 6) is -0.540. The minimum absolute atomic E-state index is 0.170. The molecule has 2 amide bonds. The van der Waals surface area contributed by atoms with E-state index < -0.39 is 0 Å². The van der Waals surface area contributed by atoms with Gasteiger partial charge in [0.1, 0.15) is 6.42 Å². The van der Waals surface area contributed by atoms with Gasteiger partial charge in [0.15, 0.2) is 0 Å². The van der Waals surface area contributed by atoms with Gasteiger partial charge in [0.05, 0.1) is 0 Å². The van der Waals surface area contributed by atoms with E-state index in [9.17, 15) is 9.59 Å². The van der Waals surface area contributed by atoms with Crippen LogP contribution in [0.25, 0.3) is 0 Å². The molecule has 0 rings (SSSR count). The van der Waals surface area contributed by atoms with E-state index in [1.54, 1.807) is 0 Å². The number of amides is 2. The molecule has 8 nitrogen and oxygen atoms in total. The minimum Gasteiger partial charge on any atom is -0.354 e. The predicted octanol–water partition coefficient (Wildman–Crippen LogP) is -3.21. The molecular formula is C11H26N6O2. The summed E-state index contributed by atoms with van der Waals surface area (Å²) in [6.45, 7) is 3.91. The van der Waals surface area contributed by atoms with Crippen molar-refractivity contribution in [2.45, 2.75) is 6.42 Å². The fourth-order valence-electron chi connectivity index (χ4n) is 1.50. The van der Waals surface area contributed by atoms with Crippen molar-refractivity contribution >= 4 is 11.8 Å². The molecule has 0 aromatic rings. The van der Waals surface area contributed by atoms with Crippen LogP contribution in [-0.2, 0) is 9.59 Å². The Labute approximate surface area is 114 Å². The Kier molecular flexibility index (Phi) is 11.1. The van der Waals surface area contributed by atoms with Crippen molar-refractivity contribution in [2.75, 3.05) is 52.4 Å². The Bertz CT molecular complexity index is 256. The summed E-state index contributed by atoms with van der Waals surface area (Å²) < 4.78 is 0. The summed E-state index contributed by atoms with van der Waals surface area (Å²) in [4.78, 5) is 24.8. The molecule has 0 aromatic carbocycles. The van der Waals surface area contributed by atoms with Crippen molar-refractivity contribution in [3.63, 3.8) is 0 Å². The first-order chi connectivity index (χ1) is 9.15. The normalized spacial score (nSPS) is 10.3. The zero-order chi connectivity index (χ0) is 14.5. The molecule has 0 saturated heterocycles. The largest absolute Gasteiger partial charge is 0.354 e. The summed E-state index contributed by atoms with van der Waals surface area (Å²) in [5, 5.41) is 5.70. The Morgan fingerprint density at radius 1 is 0.895 bits per heavy atom. The lowest BCUT2D eigenvalue weighted by Crippen LogP contribution is -2.42. The Hall–Kier alpha value is -1.22. The summed E-state index contributed by atoms with van der Waals surface area (Å²) >= 11 is 0. The van der Waals surface area contributed by atoms with Gasteiger partial charge in [-0.05, 0) is 0 Å². The van der Waals surface area contributed by atoms with Crippen LogP contribution in [-0.4, -0.2) is 69.1 Å². The average Bonchev–Trinajstić information content (AvgIpc) is 2.38. The van der Waals surface area contributed by atoms with Crippen molar-refractivity contribution in [1.29, 1.82) is 0 Å². The lowest BCUT2D eigenvalue weighted by atomic mass is 10.3. The van der Waals surface area contributed by atoms with Crippen LogP contribution in [0.15, 0.2) is 0 Å². The molecule has 0 saturated carbocycles. The zero-order valence-corrected chi connectivity index (χ0v) is 11.4. The van der Waals surface area contributed by atoms with E-state index >= 15 is 0 Å². The molecule has 8 heteroatoms. The van der Waals surface area contributed by atoms with E-state index in [-0.39, 0.29) is 18.2 Å². The van der Waals surface area contributed by atoms with Crippen LogP contribution in [0.1, 0.15) is 6.42 Å². The molecule has 8 N–H and O–H groups in total. The van der Waals surface area contributed by atoms with Gasteiger partial charge in [-0.2, -0.15) is 0 Å². The molecule has 0 aliphatic heterocycles. The van der Waals surface area contributed by atoms with Crippen molar-refractivity contribution in [1.82, 2.24) is 15.5 Å². The number of nitrogens with zero attached hydrogens (tertiary/aromatic N) is 1. The molecule has 0 aliphatic carbocycles. The van der Waals surface area contributed by atoms with Crippen LogP contribution >= 0.6 is 0 Å². The number of carbonyl (C=O) groups is 2. The Balaban J connectivity index is 3.85. The van der Waals surface area contributed by atoms with Gasteiger partial charge in [-0.3, -0.25) is 9.59 Å². The smallest absolute Gasteiger partial charge is 0.232 e. The number of carbonyl (C=O) groups excluding carboxylic acids is 2. The van der Waals surface area contributed by atoms with Gasteiger partial charge >= 0.3 is 0 Å². The first-order valence-corrected chi connectivity index (χ1v) is 6.51. The van der Waals surface area contributed by atoms with E-state index in [4.69, 9.17) is 17.2 Å². The van der Waals surface area contributed by atoms with Gasteiger partial charge in [-0.15, -0.1) is 0 Å². The number of nitrogens with one attached hydrogen (secondary N) is 2. The van der Waals surface area contributed by atoms with Crippen LogP contribution in [0.2, 0.25) is 0 Å². The molecule has 0 aromatic heterocycles. The second-order valence-corrected chi connectivity index (χ2v) is 4.02. The average molecular weight is 274 g/mol. The quantitative estimate of drug-likeness (QED) is 0.198. The number of rotatable bonds is 11. The fraction of sp³-hybridized carbons (Fsp3) is 0.818. The first kappa shape index (κ1) is 17.8. The molecule has 0 aliphatic rings. The molecule has 0 atom stereocenters. The third-order valence-corrected chi connectivity index (χ3v) is 2.41. The second kappa shape index (κ2) is 11.8. The van der Waals surface area contributed by atoms with Gasteiger partial charge in [0, 0.05) is 52.4 Å². The highest BCUT2D eigenvalue weighted by molar-refractivity contribution is 5.96. The highest BCUT2D eigenvalue weighted by Gasteiger charge is 2.15. The lowest BCUT2D eigenvalue weighted by Gasteiger charge is -2.20. The van der Waals surface area contributed by atoms with E-state index in [0.29, 0.717) is 52.4 Å². The molecule has 19 heavy (non-hydrogen) atoms. The molecular weight excluding hydrogens is 248 g/mol. The number of hydrogen-bond acceptors (Lipinski definition) is 6. The maximum absolute atomic E-state index is 11.8. The van der Waals surface area contributed by atoms with E-state index in [0.717, 1.165) is 0 Å². The lowest BCUT2D eigenvalue weighted by molar-refractivity contribution is -0.135. The standard InChI is InChI=1S/C11H26N6O2/c12-1-4-15-5-6-16-10(18)9-11(19)17(7-2-13)8-3-14/h15H,1-9,12-14H2,(H,16,18). The summed E-state index contributed by atoms with van der Waals surface area (Å²) in [7, 11) is 0. The van der Waals surface area contributed by atoms with Crippen LogP contribution in [0.3, 0.4) is 0 Å². The molecule has 0 unspecified atom stereocenters. The molecule has 0 bridgehead atoms. The van der Waals surface area contributed by atoms with E-state index in [2.05, 4.69) is 10.6 Å². The Morgan fingerprint density at radius 2 is 1.53 bits per heavy atom. The molecule has 0 heterocycles.